The molecule has 0 amide bonds. The van der Waals surface area contributed by atoms with Crippen molar-refractivity contribution in [3.8, 4) is 17.2 Å². The average molecular weight is 418 g/mol. The molecule has 0 unspecified atom stereocenters. The fourth-order valence-electron chi connectivity index (χ4n) is 3.91. The fourth-order valence-corrected chi connectivity index (χ4v) is 3.91. The number of allylic oxidation sites excluding steroid dienone is 2. The van der Waals surface area contributed by atoms with Gasteiger partial charge < -0.3 is 14.6 Å². The topological polar surface area (TPSA) is 108 Å². The van der Waals surface area contributed by atoms with E-state index in [0.717, 1.165) is 0 Å². The van der Waals surface area contributed by atoms with E-state index in [2.05, 4.69) is 4.98 Å². The Hall–Kier alpha value is -3.94. The number of Topliss-reactive ketones (excluding diaryl/α,β-unsaturated/α-hetero) is 2. The number of nitrogens with zero attached hydrogens (tertiary/aromatic N) is 2. The van der Waals surface area contributed by atoms with Crippen LogP contribution in [0.1, 0.15) is 29.8 Å². The summed E-state index contributed by atoms with van der Waals surface area (Å²) < 4.78 is 12.5. The smallest absolute Gasteiger partial charge is 0.285 e. The van der Waals surface area contributed by atoms with Crippen molar-refractivity contribution in [2.75, 3.05) is 13.2 Å². The van der Waals surface area contributed by atoms with E-state index in [1.54, 1.807) is 42.5 Å². The van der Waals surface area contributed by atoms with E-state index in [4.69, 9.17) is 9.47 Å². The number of para-hydroxylation sites is 2. The molecule has 8 nitrogen and oxygen atoms in total. The molecule has 3 aromatic rings. The summed E-state index contributed by atoms with van der Waals surface area (Å²) in [5.74, 6) is -0.562. The third-order valence-corrected chi connectivity index (χ3v) is 5.37. The minimum absolute atomic E-state index is 0.148. The lowest BCUT2D eigenvalue weighted by atomic mass is 9.92. The number of aliphatic hydroxyl groups excluding tert-OH is 1. The molecule has 0 spiro atoms. The number of hydrogen-bond donors (Lipinski definition) is 1. The second-order valence-corrected chi connectivity index (χ2v) is 7.35. The highest BCUT2D eigenvalue weighted by molar-refractivity contribution is 6.26. The Morgan fingerprint density at radius 2 is 1.77 bits per heavy atom. The minimum atomic E-state index is -0.857. The highest BCUT2D eigenvalue weighted by Gasteiger charge is 2.31. The summed E-state index contributed by atoms with van der Waals surface area (Å²) in [6.07, 6.45) is 0.833. The summed E-state index contributed by atoms with van der Waals surface area (Å²) >= 11 is 0. The summed E-state index contributed by atoms with van der Waals surface area (Å²) in [6, 6.07) is 12.0. The van der Waals surface area contributed by atoms with Gasteiger partial charge in [-0.3, -0.25) is 19.0 Å². The molecule has 0 atom stereocenters. The molecule has 2 heterocycles. The molecular formula is C23H18N2O6. The number of benzene rings is 2. The maximum Gasteiger partial charge on any atom is 0.285 e. The number of carbonyl (C=O) groups is 2. The number of ether oxygens (including phenoxy) is 2. The molecule has 1 N–H and O–H groups in total. The van der Waals surface area contributed by atoms with Crippen LogP contribution >= 0.6 is 0 Å². The van der Waals surface area contributed by atoms with Crippen LogP contribution in [0.15, 0.2) is 58.6 Å². The van der Waals surface area contributed by atoms with Gasteiger partial charge in [-0.05, 0) is 30.7 Å². The van der Waals surface area contributed by atoms with Crippen LogP contribution in [0.25, 0.3) is 16.7 Å². The largest absolute Gasteiger partial charge is 0.511 e. The third-order valence-electron chi connectivity index (χ3n) is 5.37. The monoisotopic (exact) mass is 418 g/mol. The van der Waals surface area contributed by atoms with Crippen LogP contribution in [0.4, 0.5) is 0 Å². The molecule has 0 radical (unpaired) electrons. The molecule has 0 saturated carbocycles. The normalized spacial score (nSPS) is 15.9. The third kappa shape index (κ3) is 3.16. The van der Waals surface area contributed by atoms with Gasteiger partial charge in [0.25, 0.3) is 5.56 Å². The Morgan fingerprint density at radius 1 is 1.00 bits per heavy atom. The van der Waals surface area contributed by atoms with E-state index >= 15 is 0 Å². The number of ketones is 2. The first-order chi connectivity index (χ1) is 15.0. The molecular weight excluding hydrogens is 400 g/mol. The minimum Gasteiger partial charge on any atom is -0.511 e. The summed E-state index contributed by atoms with van der Waals surface area (Å²) in [6.45, 7) is 0.831. The number of aliphatic hydroxyl groups is 1. The SMILES string of the molecule is O=C1CCCC(O)=C1C(=O)c1nc2ccccc2n(-c2ccc3c(c2)OCCO3)c1=O. The molecule has 31 heavy (non-hydrogen) atoms. The Labute approximate surface area is 176 Å². The predicted octanol–water partition coefficient (Wildman–Crippen LogP) is 2.90. The van der Waals surface area contributed by atoms with Crippen LogP contribution in [-0.4, -0.2) is 39.4 Å². The van der Waals surface area contributed by atoms with Gasteiger partial charge in [0, 0.05) is 18.9 Å². The zero-order chi connectivity index (χ0) is 21.5. The molecule has 1 aliphatic heterocycles. The first-order valence-electron chi connectivity index (χ1n) is 9.96. The van der Waals surface area contributed by atoms with Crippen LogP contribution in [0.5, 0.6) is 11.5 Å². The Balaban J connectivity index is 1.74. The van der Waals surface area contributed by atoms with Gasteiger partial charge in [0.05, 0.1) is 16.7 Å². The van der Waals surface area contributed by atoms with E-state index in [9.17, 15) is 19.5 Å². The van der Waals surface area contributed by atoms with Gasteiger partial charge in [-0.25, -0.2) is 4.98 Å². The second kappa shape index (κ2) is 7.39. The number of hydrogen-bond acceptors (Lipinski definition) is 7. The molecule has 0 saturated heterocycles. The first-order valence-corrected chi connectivity index (χ1v) is 9.96. The Kier molecular flexibility index (Phi) is 4.54. The van der Waals surface area contributed by atoms with Crippen molar-refractivity contribution in [1.29, 1.82) is 0 Å². The van der Waals surface area contributed by atoms with E-state index in [-0.39, 0.29) is 24.2 Å². The highest BCUT2D eigenvalue weighted by Crippen LogP contribution is 2.32. The van der Waals surface area contributed by atoms with E-state index in [1.807, 2.05) is 0 Å². The van der Waals surface area contributed by atoms with E-state index < -0.39 is 22.8 Å². The van der Waals surface area contributed by atoms with Crippen molar-refractivity contribution >= 4 is 22.6 Å². The van der Waals surface area contributed by atoms with Gasteiger partial charge in [-0.2, -0.15) is 0 Å². The van der Waals surface area contributed by atoms with Crippen LogP contribution in [0, 0.1) is 0 Å². The average Bonchev–Trinajstić information content (AvgIpc) is 2.78. The Bertz CT molecular complexity index is 1340. The quantitative estimate of drug-likeness (QED) is 0.515. The van der Waals surface area contributed by atoms with Gasteiger partial charge in [0.2, 0.25) is 5.78 Å². The highest BCUT2D eigenvalue weighted by atomic mass is 16.6. The maximum absolute atomic E-state index is 13.4. The van der Waals surface area contributed by atoms with Crippen LogP contribution < -0.4 is 15.0 Å². The standard InChI is InChI=1S/C23H18N2O6/c26-16-6-3-7-17(27)20(16)22(28)21-23(29)25(15-5-2-1-4-14(15)24-21)13-8-9-18-19(12-13)31-11-10-30-18/h1-2,4-5,8-9,12,26H,3,6-7,10-11H2. The van der Waals surface area contributed by atoms with Gasteiger partial charge in [0.1, 0.15) is 24.5 Å². The number of carbonyl (C=O) groups excluding carboxylic acids is 2. The van der Waals surface area contributed by atoms with Gasteiger partial charge >= 0.3 is 0 Å². The van der Waals surface area contributed by atoms with Gasteiger partial charge in [-0.15, -0.1) is 0 Å². The summed E-state index contributed by atoms with van der Waals surface area (Å²) in [5, 5.41) is 10.2. The van der Waals surface area contributed by atoms with Crippen molar-refractivity contribution < 1.29 is 24.2 Å². The van der Waals surface area contributed by atoms with Crippen molar-refractivity contribution in [2.45, 2.75) is 19.3 Å². The first kappa shape index (κ1) is 19.0. The Morgan fingerprint density at radius 3 is 2.58 bits per heavy atom. The van der Waals surface area contributed by atoms with Gasteiger partial charge in [-0.1, -0.05) is 12.1 Å². The van der Waals surface area contributed by atoms with Crippen molar-refractivity contribution in [3.05, 3.63) is 69.8 Å². The zero-order valence-corrected chi connectivity index (χ0v) is 16.5. The lowest BCUT2D eigenvalue weighted by Gasteiger charge is -2.20. The molecule has 8 heteroatoms. The predicted molar refractivity (Wildman–Crippen MR) is 111 cm³/mol. The summed E-state index contributed by atoms with van der Waals surface area (Å²) in [7, 11) is 0. The number of fused-ring (bicyclic) bond motifs is 2. The van der Waals surface area contributed by atoms with Crippen molar-refractivity contribution in [1.82, 2.24) is 9.55 Å². The van der Waals surface area contributed by atoms with Crippen LogP contribution in [0.3, 0.4) is 0 Å². The van der Waals surface area contributed by atoms with E-state index in [0.29, 0.717) is 47.9 Å². The molecule has 2 aliphatic rings. The number of rotatable bonds is 3. The van der Waals surface area contributed by atoms with Crippen molar-refractivity contribution in [2.24, 2.45) is 0 Å². The fraction of sp³-hybridized carbons (Fsp3) is 0.217. The molecule has 5 rings (SSSR count). The van der Waals surface area contributed by atoms with Gasteiger partial charge in [0.15, 0.2) is 23.0 Å². The summed E-state index contributed by atoms with van der Waals surface area (Å²) in [5.41, 5.74) is -0.0723. The molecule has 156 valence electrons. The molecule has 0 fully saturated rings. The molecule has 1 aromatic heterocycles. The van der Waals surface area contributed by atoms with Crippen LogP contribution in [-0.2, 0) is 4.79 Å². The lowest BCUT2D eigenvalue weighted by Crippen LogP contribution is -2.31. The molecule has 1 aliphatic carbocycles. The van der Waals surface area contributed by atoms with Crippen LogP contribution in [0.2, 0.25) is 0 Å². The second-order valence-electron chi connectivity index (χ2n) is 7.35. The summed E-state index contributed by atoms with van der Waals surface area (Å²) in [4.78, 5) is 43.1. The maximum atomic E-state index is 13.4. The number of aromatic nitrogens is 2. The molecule has 0 bridgehead atoms. The lowest BCUT2D eigenvalue weighted by molar-refractivity contribution is -0.116. The molecule has 2 aromatic carbocycles. The zero-order valence-electron chi connectivity index (χ0n) is 16.5. The van der Waals surface area contributed by atoms with Crippen molar-refractivity contribution in [3.63, 3.8) is 0 Å². The van der Waals surface area contributed by atoms with E-state index in [1.165, 1.54) is 4.57 Å².